The summed E-state index contributed by atoms with van der Waals surface area (Å²) in [5.74, 6) is 2.49. The van der Waals surface area contributed by atoms with Crippen molar-refractivity contribution in [1.82, 2.24) is 20.3 Å². The number of halogens is 2. The van der Waals surface area contributed by atoms with Gasteiger partial charge in [0.25, 0.3) is 0 Å². The number of allylic oxidation sites excluding steroid dienone is 1. The van der Waals surface area contributed by atoms with Crippen LogP contribution >= 0.6 is 0 Å². The highest BCUT2D eigenvalue weighted by molar-refractivity contribution is 5.86. The van der Waals surface area contributed by atoms with Crippen LogP contribution in [0.2, 0.25) is 0 Å². The minimum atomic E-state index is -1.08. The summed E-state index contributed by atoms with van der Waals surface area (Å²) < 4.78 is 36.5. The topological polar surface area (TPSA) is 116 Å². The summed E-state index contributed by atoms with van der Waals surface area (Å²) in [6, 6.07) is 6.93. The van der Waals surface area contributed by atoms with Gasteiger partial charge in [-0.3, -0.25) is 9.78 Å². The second kappa shape index (κ2) is 14.4. The first-order valence-corrected chi connectivity index (χ1v) is 18.4. The number of hydrogen-bond acceptors (Lipinski definition) is 9. The number of rotatable bonds is 11. The molecule has 3 atom stereocenters. The summed E-state index contributed by atoms with van der Waals surface area (Å²) in [6.07, 6.45) is 17.2. The molecule has 0 radical (unpaired) electrons. The largest absolute Gasteiger partial charge is 0.461 e. The van der Waals surface area contributed by atoms with Crippen LogP contribution in [0.25, 0.3) is 6.08 Å². The van der Waals surface area contributed by atoms with E-state index in [0.717, 1.165) is 48.2 Å². The van der Waals surface area contributed by atoms with Gasteiger partial charge in [-0.15, -0.1) is 6.42 Å². The Bertz CT molecular complexity index is 1960. The number of aromatic nitrogens is 3. The number of nitrogens with zero attached hydrogens (tertiary/aromatic N) is 5. The van der Waals surface area contributed by atoms with Crippen LogP contribution in [0.4, 0.5) is 26.0 Å². The zero-order valence-electron chi connectivity index (χ0n) is 30.4. The van der Waals surface area contributed by atoms with Gasteiger partial charge < -0.3 is 30.3 Å². The number of terminal acetylenes is 1. The monoisotopic (exact) mass is 723 g/mol. The van der Waals surface area contributed by atoms with E-state index in [9.17, 15) is 14.3 Å². The second-order valence-corrected chi connectivity index (χ2v) is 15.6. The number of hydrogen-bond donors (Lipinski definition) is 3. The van der Waals surface area contributed by atoms with Crippen LogP contribution in [0.15, 0.2) is 55.0 Å². The third kappa shape index (κ3) is 7.45. The molecule has 2 aromatic heterocycles. The molecule has 2 fully saturated rings. The maximum atomic E-state index is 15.1. The number of alkyl halides is 1. The molecule has 1 saturated carbocycles. The van der Waals surface area contributed by atoms with Gasteiger partial charge in [0.2, 0.25) is 5.91 Å². The lowest BCUT2D eigenvalue weighted by molar-refractivity contribution is -0.116. The predicted octanol–water partition coefficient (Wildman–Crippen LogP) is 5.75. The zero-order valence-corrected chi connectivity index (χ0v) is 30.4. The standard InChI is InChI=1S/C41H47F2N7O3/c1-5-31-33(43)14-11-27-19-40(4,52)25-49(36(27)31)29-12-13-32-34(18-29)47-38(48-37(32)46-24-41(15-7-8-16-41)23-45-35(51)6-2)53-26-39(3)20-28(42)22-50(39)30-10-9-17-44-21-30/h1,6,9-11,14,17-18,21,28,52H,2,7-8,12-13,15-16,19-20,22-26H2,3-4H3,(H,45,51)(H,46,47,48)/t28-,39+,40-/m1/s1. The number of anilines is 3. The molecule has 2 aliphatic heterocycles. The first-order valence-electron chi connectivity index (χ1n) is 18.4. The lowest BCUT2D eigenvalue weighted by Gasteiger charge is -2.42. The van der Waals surface area contributed by atoms with Gasteiger partial charge in [0.05, 0.1) is 53.1 Å². The Labute approximate surface area is 309 Å². The molecule has 3 aromatic rings. The van der Waals surface area contributed by atoms with Crippen LogP contribution in [0.5, 0.6) is 6.01 Å². The average Bonchev–Trinajstić information content (AvgIpc) is 3.75. The third-order valence-electron chi connectivity index (χ3n) is 11.3. The number of carbonyl (C=O) groups is 1. The Balaban J connectivity index is 1.24. The summed E-state index contributed by atoms with van der Waals surface area (Å²) in [5.41, 5.74) is 2.78. The van der Waals surface area contributed by atoms with Crippen LogP contribution in [0.3, 0.4) is 0 Å². The summed E-state index contributed by atoms with van der Waals surface area (Å²) in [6.45, 7) is 9.00. The molecule has 10 nitrogen and oxygen atoms in total. The van der Waals surface area contributed by atoms with Crippen LogP contribution in [0.1, 0.15) is 74.8 Å². The molecule has 4 aliphatic rings. The molecule has 1 amide bonds. The number of nitrogens with one attached hydrogen (secondary N) is 2. The molecule has 278 valence electrons. The van der Waals surface area contributed by atoms with E-state index in [2.05, 4.69) is 28.1 Å². The van der Waals surface area contributed by atoms with E-state index in [1.807, 2.05) is 34.9 Å². The van der Waals surface area contributed by atoms with Crippen LogP contribution in [0, 0.1) is 23.6 Å². The van der Waals surface area contributed by atoms with Gasteiger partial charge in [0, 0.05) is 48.8 Å². The summed E-state index contributed by atoms with van der Waals surface area (Å²) >= 11 is 0. The van der Waals surface area contributed by atoms with E-state index in [1.54, 1.807) is 25.4 Å². The molecule has 3 N–H and O–H groups in total. The summed E-state index contributed by atoms with van der Waals surface area (Å²) in [5, 5.41) is 17.9. The zero-order chi connectivity index (χ0) is 37.4. The fraction of sp³-hybridized carbons (Fsp3) is 0.463. The number of amides is 1. The van der Waals surface area contributed by atoms with E-state index >= 15 is 4.39 Å². The number of fused-ring (bicyclic) bond motifs is 2. The Morgan fingerprint density at radius 1 is 1.21 bits per heavy atom. The molecule has 7 rings (SSSR count). The minimum absolute atomic E-state index is 0.127. The fourth-order valence-electron chi connectivity index (χ4n) is 8.60. The van der Waals surface area contributed by atoms with Crippen molar-refractivity contribution in [1.29, 1.82) is 0 Å². The number of benzene rings is 1. The molecule has 2 aliphatic carbocycles. The molecule has 53 heavy (non-hydrogen) atoms. The van der Waals surface area contributed by atoms with Crippen molar-refractivity contribution in [3.63, 3.8) is 0 Å². The fourth-order valence-corrected chi connectivity index (χ4v) is 8.60. The SMILES string of the molecule is C#Cc1c(F)ccc2c1N(C1=Cc3nc(OC[C@]4(C)C[C@@H](F)CN4c4cccnc4)nc(NCC4(CNC(=O)C=C)CCCC4)c3CC1)C[C@](C)(O)C2. The quantitative estimate of drug-likeness (QED) is 0.168. The summed E-state index contributed by atoms with van der Waals surface area (Å²) in [7, 11) is 0. The first kappa shape index (κ1) is 36.3. The second-order valence-electron chi connectivity index (χ2n) is 15.6. The number of ether oxygens (including phenoxy) is 1. The Hall–Kier alpha value is -5.02. The van der Waals surface area contributed by atoms with Crippen molar-refractivity contribution < 1.29 is 23.4 Å². The van der Waals surface area contributed by atoms with Gasteiger partial charge in [0.1, 0.15) is 24.4 Å². The Kier molecular flexibility index (Phi) is 9.89. The molecule has 0 unspecified atom stereocenters. The number of pyridine rings is 1. The van der Waals surface area contributed by atoms with Gasteiger partial charge in [-0.1, -0.05) is 31.4 Å². The Morgan fingerprint density at radius 2 is 2.02 bits per heavy atom. The van der Waals surface area contributed by atoms with Crippen molar-refractivity contribution in [2.75, 3.05) is 47.9 Å². The van der Waals surface area contributed by atoms with E-state index in [4.69, 9.17) is 21.1 Å². The van der Waals surface area contributed by atoms with Gasteiger partial charge in [-0.25, -0.2) is 8.78 Å². The highest BCUT2D eigenvalue weighted by Gasteiger charge is 2.44. The van der Waals surface area contributed by atoms with Crippen molar-refractivity contribution >= 4 is 29.2 Å². The van der Waals surface area contributed by atoms with E-state index in [0.29, 0.717) is 49.6 Å². The molecule has 12 heteroatoms. The third-order valence-corrected chi connectivity index (χ3v) is 11.3. The van der Waals surface area contributed by atoms with Crippen molar-refractivity contribution in [2.45, 2.75) is 82.5 Å². The highest BCUT2D eigenvalue weighted by Crippen LogP contribution is 2.43. The Morgan fingerprint density at radius 3 is 2.75 bits per heavy atom. The maximum Gasteiger partial charge on any atom is 0.319 e. The first-order chi connectivity index (χ1) is 25.4. The van der Waals surface area contributed by atoms with Crippen LogP contribution in [-0.2, 0) is 17.6 Å². The molecular formula is C41H47F2N7O3. The summed E-state index contributed by atoms with van der Waals surface area (Å²) in [4.78, 5) is 30.1. The number of β-amino-alcohol motifs (C(OH)–C–C–N with tert-alkyl or cyclic N) is 1. The van der Waals surface area contributed by atoms with Crippen molar-refractivity contribution in [3.8, 4) is 18.4 Å². The number of aliphatic hydroxyl groups is 1. The molecule has 1 aromatic carbocycles. The van der Waals surface area contributed by atoms with E-state index < -0.39 is 23.1 Å². The normalized spacial score (nSPS) is 24.5. The van der Waals surface area contributed by atoms with Crippen molar-refractivity contribution in [2.24, 2.45) is 5.41 Å². The predicted molar refractivity (Wildman–Crippen MR) is 202 cm³/mol. The molecular weight excluding hydrogens is 676 g/mol. The minimum Gasteiger partial charge on any atom is -0.461 e. The van der Waals surface area contributed by atoms with Crippen LogP contribution in [-0.4, -0.2) is 76.1 Å². The maximum absolute atomic E-state index is 15.1. The smallest absolute Gasteiger partial charge is 0.319 e. The lowest BCUT2D eigenvalue weighted by Crippen LogP contribution is -2.47. The highest BCUT2D eigenvalue weighted by atomic mass is 19.1. The van der Waals surface area contributed by atoms with Gasteiger partial charge in [0.15, 0.2) is 0 Å². The number of carbonyl (C=O) groups excluding carboxylic acids is 1. The molecule has 0 spiro atoms. The van der Waals surface area contributed by atoms with E-state index in [1.165, 1.54) is 12.1 Å². The average molecular weight is 724 g/mol. The van der Waals surface area contributed by atoms with Crippen molar-refractivity contribution in [3.05, 3.63) is 83.2 Å². The van der Waals surface area contributed by atoms with Gasteiger partial charge >= 0.3 is 6.01 Å². The lowest BCUT2D eigenvalue weighted by atomic mass is 9.85. The molecule has 0 bridgehead atoms. The van der Waals surface area contributed by atoms with Crippen LogP contribution < -0.4 is 25.2 Å². The molecule has 4 heterocycles. The van der Waals surface area contributed by atoms with Gasteiger partial charge in [-0.05, 0) is 75.4 Å². The molecule has 1 saturated heterocycles. The van der Waals surface area contributed by atoms with Gasteiger partial charge in [-0.2, -0.15) is 9.97 Å². The van der Waals surface area contributed by atoms with E-state index in [-0.39, 0.29) is 49.0 Å².